The minimum Gasteiger partial charge on any atom is -0.305 e. The quantitative estimate of drug-likeness (QED) is 0.509. The number of halogens is 5. The van der Waals surface area contributed by atoms with Crippen molar-refractivity contribution in [3.8, 4) is 0 Å². The first-order chi connectivity index (χ1) is 10.1. The van der Waals surface area contributed by atoms with E-state index in [9.17, 15) is 26.5 Å². The van der Waals surface area contributed by atoms with Crippen molar-refractivity contribution in [2.75, 3.05) is 13.2 Å². The fourth-order valence-corrected chi connectivity index (χ4v) is 3.23. The minimum atomic E-state index is -4.69. The first kappa shape index (κ1) is 19.1. The lowest BCUT2D eigenvalue weighted by atomic mass is 10.1. The molecule has 1 aromatic rings. The lowest BCUT2D eigenvalue weighted by Crippen LogP contribution is -2.23. The zero-order valence-electron chi connectivity index (χ0n) is 12.0. The summed E-state index contributed by atoms with van der Waals surface area (Å²) in [7, 11) is -4.69. The van der Waals surface area contributed by atoms with Crippen LogP contribution in [0.2, 0.25) is 0 Å². The largest absolute Gasteiger partial charge is 0.416 e. The average Bonchev–Trinajstić information content (AvgIpc) is 2.38. The summed E-state index contributed by atoms with van der Waals surface area (Å²) in [5, 5.41) is 0. The van der Waals surface area contributed by atoms with Crippen LogP contribution < -0.4 is 0 Å². The van der Waals surface area contributed by atoms with E-state index in [2.05, 4.69) is 9.05 Å². The van der Waals surface area contributed by atoms with Gasteiger partial charge >= 0.3 is 19.4 Å². The minimum absolute atomic E-state index is 0.0994. The predicted octanol–water partition coefficient (Wildman–Crippen LogP) is 5.11. The van der Waals surface area contributed by atoms with E-state index in [0.717, 1.165) is 12.1 Å². The van der Waals surface area contributed by atoms with Crippen LogP contribution in [0, 0.1) is 0 Å². The first-order valence-electron chi connectivity index (χ1n) is 6.49. The van der Waals surface area contributed by atoms with Crippen molar-refractivity contribution in [1.82, 2.24) is 0 Å². The molecule has 126 valence electrons. The van der Waals surface area contributed by atoms with Crippen LogP contribution in [-0.2, 0) is 26.2 Å². The normalized spacial score (nSPS) is 13.4. The van der Waals surface area contributed by atoms with Crippen LogP contribution in [0.15, 0.2) is 24.3 Å². The van der Waals surface area contributed by atoms with Gasteiger partial charge in [0.2, 0.25) is 0 Å². The third-order valence-electron chi connectivity index (χ3n) is 2.70. The van der Waals surface area contributed by atoms with Gasteiger partial charge in [-0.15, -0.1) is 0 Å². The van der Waals surface area contributed by atoms with Gasteiger partial charge in [0.15, 0.2) is 0 Å². The molecule has 9 heteroatoms. The van der Waals surface area contributed by atoms with Crippen molar-refractivity contribution in [3.63, 3.8) is 0 Å². The summed E-state index contributed by atoms with van der Waals surface area (Å²) in [6.45, 7) is 2.31. The van der Waals surface area contributed by atoms with E-state index in [1.54, 1.807) is 0 Å². The second kappa shape index (κ2) is 7.06. The number of hydrogen-bond acceptors (Lipinski definition) is 3. The molecule has 0 aromatic heterocycles. The summed E-state index contributed by atoms with van der Waals surface area (Å²) in [5.74, 6) is 0. The first-order valence-corrected chi connectivity index (χ1v) is 8.03. The summed E-state index contributed by atoms with van der Waals surface area (Å²) in [6.07, 6.45) is -5.59. The topological polar surface area (TPSA) is 35.5 Å². The molecule has 0 amide bonds. The van der Waals surface area contributed by atoms with E-state index in [1.165, 1.54) is 13.8 Å². The van der Waals surface area contributed by atoms with E-state index in [-0.39, 0.29) is 18.8 Å². The molecule has 0 aliphatic heterocycles. The maximum Gasteiger partial charge on any atom is 0.416 e. The molecule has 1 rings (SSSR count). The highest BCUT2D eigenvalue weighted by Gasteiger charge is 2.53. The van der Waals surface area contributed by atoms with Gasteiger partial charge in [0.05, 0.1) is 18.8 Å². The lowest BCUT2D eigenvalue weighted by molar-refractivity contribution is -0.137. The van der Waals surface area contributed by atoms with Crippen molar-refractivity contribution in [1.29, 1.82) is 0 Å². The van der Waals surface area contributed by atoms with Crippen LogP contribution in [0.1, 0.15) is 25.0 Å². The smallest absolute Gasteiger partial charge is 0.305 e. The molecule has 0 aliphatic carbocycles. The van der Waals surface area contributed by atoms with Gasteiger partial charge in [-0.3, -0.25) is 4.57 Å². The number of alkyl halides is 5. The van der Waals surface area contributed by atoms with Crippen molar-refractivity contribution < 1.29 is 35.6 Å². The number of hydrogen-bond donors (Lipinski definition) is 0. The van der Waals surface area contributed by atoms with Crippen LogP contribution in [0.5, 0.6) is 0 Å². The van der Waals surface area contributed by atoms with E-state index in [0.29, 0.717) is 12.1 Å². The van der Waals surface area contributed by atoms with Crippen LogP contribution in [0.3, 0.4) is 0 Å². The zero-order chi connectivity index (χ0) is 17.0. The van der Waals surface area contributed by atoms with E-state index >= 15 is 0 Å². The SMILES string of the molecule is CCOP(=O)(OCC)C(F)(F)Cc1ccc(C(F)(F)F)cc1. The maximum absolute atomic E-state index is 14.1. The van der Waals surface area contributed by atoms with Gasteiger partial charge in [0, 0.05) is 6.42 Å². The van der Waals surface area contributed by atoms with Gasteiger partial charge in [-0.25, -0.2) is 0 Å². The highest BCUT2D eigenvalue weighted by atomic mass is 31.2. The molecule has 0 N–H and O–H groups in total. The standard InChI is InChI=1S/C13H16F5O3P/c1-3-20-22(19,21-4-2)12(14,15)9-10-5-7-11(8-6-10)13(16,17)18/h5-8H,3-4,9H2,1-2H3. The van der Waals surface area contributed by atoms with E-state index < -0.39 is 31.4 Å². The molecule has 22 heavy (non-hydrogen) atoms. The van der Waals surface area contributed by atoms with E-state index in [1.807, 2.05) is 0 Å². The Bertz CT molecular complexity index is 517. The Morgan fingerprint density at radius 3 is 1.77 bits per heavy atom. The monoisotopic (exact) mass is 346 g/mol. The molecule has 0 fully saturated rings. The van der Waals surface area contributed by atoms with Gasteiger partial charge < -0.3 is 9.05 Å². The van der Waals surface area contributed by atoms with Crippen LogP contribution in [-0.4, -0.2) is 18.9 Å². The lowest BCUT2D eigenvalue weighted by Gasteiger charge is -2.25. The molecular formula is C13H16F5O3P. The molecule has 0 atom stereocenters. The maximum atomic E-state index is 14.1. The van der Waals surface area contributed by atoms with Crippen molar-refractivity contribution in [2.24, 2.45) is 0 Å². The Hall–Kier alpha value is -0.980. The fourth-order valence-electron chi connectivity index (χ4n) is 1.72. The Balaban J connectivity index is 2.98. The van der Waals surface area contributed by atoms with E-state index in [4.69, 9.17) is 0 Å². The van der Waals surface area contributed by atoms with Crippen LogP contribution in [0.4, 0.5) is 22.0 Å². The highest BCUT2D eigenvalue weighted by molar-refractivity contribution is 7.55. The van der Waals surface area contributed by atoms with Crippen molar-refractivity contribution in [3.05, 3.63) is 35.4 Å². The molecule has 3 nitrogen and oxygen atoms in total. The molecule has 1 aromatic carbocycles. The summed E-state index contributed by atoms with van der Waals surface area (Å²) in [6, 6.07) is 3.22. The third kappa shape index (κ3) is 4.51. The van der Waals surface area contributed by atoms with Gasteiger partial charge in [-0.1, -0.05) is 12.1 Å². The predicted molar refractivity (Wildman–Crippen MR) is 71.0 cm³/mol. The second-order valence-electron chi connectivity index (χ2n) is 4.37. The van der Waals surface area contributed by atoms with Gasteiger partial charge in [-0.2, -0.15) is 22.0 Å². The molecule has 0 spiro atoms. The zero-order valence-corrected chi connectivity index (χ0v) is 12.9. The van der Waals surface area contributed by atoms with Crippen LogP contribution >= 0.6 is 7.60 Å². The number of rotatable bonds is 7. The summed E-state index contributed by atoms with van der Waals surface area (Å²) in [5.41, 5.74) is -4.88. The van der Waals surface area contributed by atoms with Crippen molar-refractivity contribution in [2.45, 2.75) is 32.1 Å². The molecule has 0 bridgehead atoms. The summed E-state index contributed by atoms with van der Waals surface area (Å²) in [4.78, 5) is 0. The Morgan fingerprint density at radius 2 is 1.41 bits per heavy atom. The summed E-state index contributed by atoms with van der Waals surface area (Å²) >= 11 is 0. The van der Waals surface area contributed by atoms with Gasteiger partial charge in [0.1, 0.15) is 0 Å². The summed E-state index contributed by atoms with van der Waals surface area (Å²) < 4.78 is 86.8. The van der Waals surface area contributed by atoms with Gasteiger partial charge in [0.25, 0.3) is 0 Å². The second-order valence-corrected chi connectivity index (χ2v) is 6.54. The molecule has 0 radical (unpaired) electrons. The van der Waals surface area contributed by atoms with Gasteiger partial charge in [-0.05, 0) is 31.5 Å². The third-order valence-corrected chi connectivity index (χ3v) is 4.85. The highest BCUT2D eigenvalue weighted by Crippen LogP contribution is 2.62. The molecular weight excluding hydrogens is 330 g/mol. The molecule has 0 unspecified atom stereocenters. The van der Waals surface area contributed by atoms with Crippen LogP contribution in [0.25, 0.3) is 0 Å². The van der Waals surface area contributed by atoms with Crippen molar-refractivity contribution >= 4 is 7.60 Å². The Morgan fingerprint density at radius 1 is 0.955 bits per heavy atom. The number of benzene rings is 1. The molecule has 0 saturated heterocycles. The fraction of sp³-hybridized carbons (Fsp3) is 0.538. The average molecular weight is 346 g/mol. The Kier molecular flexibility index (Phi) is 6.12. The molecule has 0 saturated carbocycles. The molecule has 0 heterocycles. The Labute approximate surface area is 125 Å². The molecule has 0 aliphatic rings.